The van der Waals surface area contributed by atoms with Gasteiger partial charge in [0.2, 0.25) is 0 Å². The summed E-state index contributed by atoms with van der Waals surface area (Å²) in [6.07, 6.45) is 10.9. The van der Waals surface area contributed by atoms with Crippen LogP contribution in [-0.4, -0.2) is 49.1 Å². The van der Waals surface area contributed by atoms with Gasteiger partial charge in [-0.3, -0.25) is 9.69 Å². The maximum Gasteiger partial charge on any atom is 0.134 e. The van der Waals surface area contributed by atoms with E-state index in [0.29, 0.717) is 31.3 Å². The molecule has 3 atom stereocenters. The first-order valence-electron chi connectivity index (χ1n) is 12.9. The lowest BCUT2D eigenvalue weighted by Gasteiger charge is -2.65. The second-order valence-corrected chi connectivity index (χ2v) is 10.7. The Kier molecular flexibility index (Phi) is 5.62. The number of hydrogen-bond donors (Lipinski definition) is 0. The van der Waals surface area contributed by atoms with Gasteiger partial charge in [0.15, 0.2) is 0 Å². The number of fused-ring (bicyclic) bond motifs is 1. The van der Waals surface area contributed by atoms with Gasteiger partial charge in [-0.25, -0.2) is 0 Å². The molecule has 1 unspecified atom stereocenters. The predicted octanol–water partition coefficient (Wildman–Crippen LogP) is 5.20. The van der Waals surface area contributed by atoms with Gasteiger partial charge in [0.25, 0.3) is 0 Å². The van der Waals surface area contributed by atoms with Gasteiger partial charge in [0.1, 0.15) is 18.1 Å². The lowest BCUT2D eigenvalue weighted by molar-refractivity contribution is -0.187. The third-order valence-corrected chi connectivity index (χ3v) is 8.91. The van der Waals surface area contributed by atoms with Crippen LogP contribution >= 0.6 is 0 Å². The van der Waals surface area contributed by atoms with Crippen molar-refractivity contribution >= 4 is 11.9 Å². The van der Waals surface area contributed by atoms with Crippen LogP contribution in [-0.2, 0) is 21.4 Å². The highest BCUT2D eigenvalue weighted by Gasteiger charge is 2.66. The maximum absolute atomic E-state index is 12.9. The number of carbonyl (C=O) groups excluding carboxylic acids is 1. The van der Waals surface area contributed by atoms with Crippen LogP contribution in [0.25, 0.3) is 6.08 Å². The van der Waals surface area contributed by atoms with Crippen LogP contribution in [0.5, 0.6) is 5.75 Å². The van der Waals surface area contributed by atoms with E-state index < -0.39 is 0 Å². The van der Waals surface area contributed by atoms with Gasteiger partial charge in [-0.1, -0.05) is 42.5 Å². The van der Waals surface area contributed by atoms with Crippen molar-refractivity contribution in [2.24, 2.45) is 5.92 Å². The maximum atomic E-state index is 12.9. The number of nitrogens with zero attached hydrogens (tertiary/aromatic N) is 1. The molecule has 0 N–H and O–H groups in total. The third-order valence-electron chi connectivity index (χ3n) is 8.91. The molecule has 2 bridgehead atoms. The van der Waals surface area contributed by atoms with Gasteiger partial charge < -0.3 is 9.47 Å². The summed E-state index contributed by atoms with van der Waals surface area (Å²) in [4.78, 5) is 15.6. The smallest absolute Gasteiger partial charge is 0.134 e. The van der Waals surface area contributed by atoms with E-state index >= 15 is 0 Å². The average molecular weight is 458 g/mol. The van der Waals surface area contributed by atoms with Crippen molar-refractivity contribution in [3.8, 4) is 5.75 Å². The molecule has 2 saturated carbocycles. The number of carbonyl (C=O) groups is 1. The molecule has 0 aromatic heterocycles. The third kappa shape index (κ3) is 3.63. The Bertz CT molecular complexity index is 1090. The van der Waals surface area contributed by atoms with Crippen molar-refractivity contribution in [1.82, 2.24) is 4.90 Å². The quantitative estimate of drug-likeness (QED) is 0.573. The standard InChI is InChI=1S/C30H35NO3/c1-33-30-14-13-25(32)20-29(30)15-16-31(21-23-9-10-23)28(30)18-24-11-12-26(19-27(24)29)34-17-5-8-22-6-3-2-4-7-22/h2-8,11-12,19,23,28H,9-10,13-18,20-21H2,1H3/b8-5+/t28?,29-,30-/m1/s1. The number of rotatable bonds is 7. The Hall–Kier alpha value is -2.43. The Morgan fingerprint density at radius 2 is 1.97 bits per heavy atom. The first kappa shape index (κ1) is 22.1. The zero-order valence-corrected chi connectivity index (χ0v) is 20.2. The zero-order chi connectivity index (χ0) is 23.2. The fraction of sp³-hybridized carbons (Fsp3) is 0.500. The summed E-state index contributed by atoms with van der Waals surface area (Å²) in [7, 11) is 1.89. The molecule has 178 valence electrons. The second-order valence-electron chi connectivity index (χ2n) is 10.7. The van der Waals surface area contributed by atoms with Crippen molar-refractivity contribution in [1.29, 1.82) is 0 Å². The summed E-state index contributed by atoms with van der Waals surface area (Å²) in [5.74, 6) is 2.12. The van der Waals surface area contributed by atoms with Gasteiger partial charge in [-0.05, 0) is 79.5 Å². The molecule has 4 nitrogen and oxygen atoms in total. The molecule has 0 amide bonds. The number of methoxy groups -OCH3 is 1. The molecule has 2 aromatic carbocycles. The number of ketones is 1. The number of Topliss-reactive ketones (excluding diaryl/α,β-unsaturated/α-hetero) is 1. The normalized spacial score (nSPS) is 30.7. The average Bonchev–Trinajstić information content (AvgIpc) is 3.68. The molecule has 1 aliphatic heterocycles. The molecule has 4 heteroatoms. The van der Waals surface area contributed by atoms with Gasteiger partial charge in [0.05, 0.1) is 5.60 Å². The Balaban J connectivity index is 1.31. The van der Waals surface area contributed by atoms with Crippen molar-refractivity contribution in [3.05, 3.63) is 71.3 Å². The van der Waals surface area contributed by atoms with Gasteiger partial charge >= 0.3 is 0 Å². The monoisotopic (exact) mass is 457 g/mol. The lowest BCUT2D eigenvalue weighted by atomic mass is 9.49. The molecular formula is C30H35NO3. The highest BCUT2D eigenvalue weighted by molar-refractivity contribution is 5.82. The van der Waals surface area contributed by atoms with E-state index in [1.165, 1.54) is 36.1 Å². The fourth-order valence-corrected chi connectivity index (χ4v) is 7.12. The van der Waals surface area contributed by atoms with E-state index in [0.717, 1.165) is 37.5 Å². The lowest BCUT2D eigenvalue weighted by Crippen LogP contribution is -2.74. The molecule has 1 heterocycles. The van der Waals surface area contributed by atoms with Gasteiger partial charge in [0, 0.05) is 38.0 Å². The molecule has 0 radical (unpaired) electrons. The minimum Gasteiger partial charge on any atom is -0.490 e. The van der Waals surface area contributed by atoms with Crippen molar-refractivity contribution in [2.45, 2.75) is 62.0 Å². The molecule has 3 aliphatic carbocycles. The van der Waals surface area contributed by atoms with E-state index in [4.69, 9.17) is 9.47 Å². The molecule has 3 fully saturated rings. The van der Waals surface area contributed by atoms with E-state index in [1.54, 1.807) is 0 Å². The predicted molar refractivity (Wildman–Crippen MR) is 134 cm³/mol. The number of benzene rings is 2. The van der Waals surface area contributed by atoms with Crippen molar-refractivity contribution in [3.63, 3.8) is 0 Å². The summed E-state index contributed by atoms with van der Waals surface area (Å²) < 4.78 is 12.7. The molecule has 1 saturated heterocycles. The van der Waals surface area contributed by atoms with E-state index in [2.05, 4.69) is 47.4 Å². The minimum atomic E-state index is -0.285. The SMILES string of the molecule is CO[C@@]12CCC(=O)C[C@@]13CCN(CC1CC1)C2Cc1ccc(OC/C=C/c2ccccc2)cc13. The zero-order valence-electron chi connectivity index (χ0n) is 20.2. The number of ether oxygens (including phenoxy) is 2. The largest absolute Gasteiger partial charge is 0.490 e. The van der Waals surface area contributed by atoms with Gasteiger partial charge in [-0.2, -0.15) is 0 Å². The minimum absolute atomic E-state index is 0.241. The van der Waals surface area contributed by atoms with Crippen LogP contribution in [0.3, 0.4) is 0 Å². The molecule has 6 rings (SSSR count). The topological polar surface area (TPSA) is 38.8 Å². The van der Waals surface area contributed by atoms with Crippen LogP contribution in [0, 0.1) is 5.92 Å². The number of hydrogen-bond acceptors (Lipinski definition) is 4. The highest BCUT2D eigenvalue weighted by Crippen LogP contribution is 2.59. The van der Waals surface area contributed by atoms with E-state index in [9.17, 15) is 4.79 Å². The molecule has 4 aliphatic rings. The summed E-state index contributed by atoms with van der Waals surface area (Å²) in [5, 5.41) is 0. The van der Waals surface area contributed by atoms with Crippen LogP contribution in [0.4, 0.5) is 0 Å². The fourth-order valence-electron chi connectivity index (χ4n) is 7.12. The Morgan fingerprint density at radius 3 is 2.76 bits per heavy atom. The summed E-state index contributed by atoms with van der Waals surface area (Å²) in [5.41, 5.74) is 3.32. The van der Waals surface area contributed by atoms with Crippen LogP contribution < -0.4 is 4.74 Å². The van der Waals surface area contributed by atoms with Crippen molar-refractivity contribution in [2.75, 3.05) is 26.8 Å². The summed E-state index contributed by atoms with van der Waals surface area (Å²) >= 11 is 0. The molecule has 2 aromatic rings. The van der Waals surface area contributed by atoms with Crippen LogP contribution in [0.15, 0.2) is 54.6 Å². The molecule has 34 heavy (non-hydrogen) atoms. The van der Waals surface area contributed by atoms with Crippen molar-refractivity contribution < 1.29 is 14.3 Å². The highest BCUT2D eigenvalue weighted by atomic mass is 16.5. The number of likely N-dealkylation sites (tertiary alicyclic amines) is 1. The Morgan fingerprint density at radius 1 is 1.12 bits per heavy atom. The first-order valence-corrected chi connectivity index (χ1v) is 12.9. The van der Waals surface area contributed by atoms with E-state index in [-0.39, 0.29) is 11.0 Å². The Labute approximate surface area is 202 Å². The first-order chi connectivity index (χ1) is 16.6. The van der Waals surface area contributed by atoms with Crippen LogP contribution in [0.1, 0.15) is 55.2 Å². The summed E-state index contributed by atoms with van der Waals surface area (Å²) in [6, 6.07) is 17.2. The van der Waals surface area contributed by atoms with Gasteiger partial charge in [-0.15, -0.1) is 0 Å². The van der Waals surface area contributed by atoms with Crippen LogP contribution in [0.2, 0.25) is 0 Å². The number of piperidine rings is 1. The molecule has 0 spiro atoms. The second kappa shape index (κ2) is 8.66. The van der Waals surface area contributed by atoms with E-state index in [1.807, 2.05) is 25.3 Å². The molecular weight excluding hydrogens is 422 g/mol. The summed E-state index contributed by atoms with van der Waals surface area (Å²) in [6.45, 7) is 2.76.